The standard InChI is InChI=1S/C20H23N7O4/c1-2-24-9-7-14(8-10-24)23-18(28)12-25-13-21-19-15(20(25)29)11-22-26(19)16-5-3-4-6-17(16)27(30)31/h3-6,11,13-14H,2,7-10,12H2,1H3,(H,23,28). The van der Waals surface area contributed by atoms with Crippen LogP contribution in [0.1, 0.15) is 19.8 Å². The van der Waals surface area contributed by atoms with Crippen LogP contribution in [0.15, 0.2) is 41.6 Å². The average molecular weight is 425 g/mol. The number of carbonyl (C=O) groups excluding carboxylic acids is 1. The summed E-state index contributed by atoms with van der Waals surface area (Å²) >= 11 is 0. The van der Waals surface area contributed by atoms with Gasteiger partial charge in [-0.1, -0.05) is 19.1 Å². The van der Waals surface area contributed by atoms with E-state index in [-0.39, 0.29) is 40.9 Å². The first-order valence-electron chi connectivity index (χ1n) is 10.2. The Labute approximate surface area is 177 Å². The molecule has 1 aliphatic rings. The summed E-state index contributed by atoms with van der Waals surface area (Å²) in [6, 6.07) is 6.20. The Morgan fingerprint density at radius 1 is 1.29 bits per heavy atom. The third-order valence-electron chi connectivity index (χ3n) is 5.57. The van der Waals surface area contributed by atoms with E-state index in [4.69, 9.17) is 0 Å². The first-order valence-corrected chi connectivity index (χ1v) is 10.2. The molecule has 162 valence electrons. The second-order valence-electron chi connectivity index (χ2n) is 7.49. The number of amides is 1. The maximum atomic E-state index is 12.9. The molecule has 11 nitrogen and oxygen atoms in total. The van der Waals surface area contributed by atoms with Gasteiger partial charge < -0.3 is 10.2 Å². The molecule has 1 aliphatic heterocycles. The van der Waals surface area contributed by atoms with Crippen LogP contribution in [0.3, 0.4) is 0 Å². The first kappa shape index (κ1) is 20.7. The van der Waals surface area contributed by atoms with Crippen LogP contribution in [-0.2, 0) is 11.3 Å². The highest BCUT2D eigenvalue weighted by Gasteiger charge is 2.21. The lowest BCUT2D eigenvalue weighted by Crippen LogP contribution is -2.45. The number of likely N-dealkylation sites (tertiary alicyclic amines) is 1. The smallest absolute Gasteiger partial charge is 0.294 e. The van der Waals surface area contributed by atoms with Crippen molar-refractivity contribution in [2.24, 2.45) is 0 Å². The minimum absolute atomic E-state index is 0.101. The van der Waals surface area contributed by atoms with Crippen molar-refractivity contribution in [1.29, 1.82) is 0 Å². The molecule has 1 fully saturated rings. The van der Waals surface area contributed by atoms with Crippen molar-refractivity contribution in [1.82, 2.24) is 29.5 Å². The predicted molar refractivity (Wildman–Crippen MR) is 113 cm³/mol. The van der Waals surface area contributed by atoms with E-state index in [0.29, 0.717) is 0 Å². The summed E-state index contributed by atoms with van der Waals surface area (Å²) in [4.78, 5) is 42.7. The number of para-hydroxylation sites is 2. The number of benzene rings is 1. The van der Waals surface area contributed by atoms with Gasteiger partial charge in [-0.25, -0.2) is 9.67 Å². The number of fused-ring (bicyclic) bond motifs is 1. The van der Waals surface area contributed by atoms with E-state index >= 15 is 0 Å². The van der Waals surface area contributed by atoms with Gasteiger partial charge in [0.1, 0.15) is 23.9 Å². The van der Waals surface area contributed by atoms with E-state index in [2.05, 4.69) is 27.2 Å². The molecule has 0 spiro atoms. The van der Waals surface area contributed by atoms with Crippen LogP contribution in [0, 0.1) is 10.1 Å². The van der Waals surface area contributed by atoms with E-state index < -0.39 is 10.5 Å². The van der Waals surface area contributed by atoms with Crippen molar-refractivity contribution in [3.63, 3.8) is 0 Å². The van der Waals surface area contributed by atoms with Crippen molar-refractivity contribution in [2.75, 3.05) is 19.6 Å². The summed E-state index contributed by atoms with van der Waals surface area (Å²) < 4.78 is 2.49. The number of nitrogens with one attached hydrogen (secondary N) is 1. The van der Waals surface area contributed by atoms with Gasteiger partial charge in [-0.3, -0.25) is 24.3 Å². The lowest BCUT2D eigenvalue weighted by molar-refractivity contribution is -0.384. The maximum Gasteiger partial charge on any atom is 0.294 e. The Hall–Kier alpha value is -3.60. The third kappa shape index (κ3) is 4.17. The fraction of sp³-hybridized carbons (Fsp3) is 0.400. The Kier molecular flexibility index (Phi) is 5.76. The molecule has 1 amide bonds. The molecule has 31 heavy (non-hydrogen) atoms. The topological polar surface area (TPSA) is 128 Å². The Morgan fingerprint density at radius 2 is 2.03 bits per heavy atom. The van der Waals surface area contributed by atoms with E-state index in [9.17, 15) is 19.7 Å². The van der Waals surface area contributed by atoms with Crippen LogP contribution in [0.2, 0.25) is 0 Å². The number of hydrogen-bond donors (Lipinski definition) is 1. The number of nitrogens with zero attached hydrogens (tertiary/aromatic N) is 6. The zero-order chi connectivity index (χ0) is 22.0. The summed E-state index contributed by atoms with van der Waals surface area (Å²) in [6.07, 6.45) is 4.36. The Bertz CT molecular complexity index is 1180. The molecule has 0 aliphatic carbocycles. The van der Waals surface area contributed by atoms with Gasteiger partial charge >= 0.3 is 0 Å². The normalized spacial score (nSPS) is 15.3. The first-order chi connectivity index (χ1) is 15.0. The number of nitro benzene ring substituents is 1. The zero-order valence-corrected chi connectivity index (χ0v) is 17.1. The molecule has 3 aromatic rings. The number of hydrogen-bond acceptors (Lipinski definition) is 7. The quantitative estimate of drug-likeness (QED) is 0.462. The van der Waals surface area contributed by atoms with Crippen molar-refractivity contribution < 1.29 is 9.72 Å². The second kappa shape index (κ2) is 8.64. The van der Waals surface area contributed by atoms with Crippen LogP contribution in [0.25, 0.3) is 16.7 Å². The summed E-state index contributed by atoms with van der Waals surface area (Å²) in [6.45, 7) is 4.86. The lowest BCUT2D eigenvalue weighted by atomic mass is 10.1. The van der Waals surface area contributed by atoms with Gasteiger partial charge in [0.2, 0.25) is 5.91 Å². The predicted octanol–water partition coefficient (Wildman–Crippen LogP) is 1.09. The summed E-state index contributed by atoms with van der Waals surface area (Å²) in [5.74, 6) is -0.246. The molecule has 3 heterocycles. The van der Waals surface area contributed by atoms with Crippen LogP contribution in [0.5, 0.6) is 0 Å². The summed E-state index contributed by atoms with van der Waals surface area (Å²) in [5.41, 5.74) is -0.163. The minimum atomic E-state index is -0.514. The number of nitro groups is 1. The zero-order valence-electron chi connectivity index (χ0n) is 17.1. The van der Waals surface area contributed by atoms with E-state index in [0.717, 1.165) is 32.5 Å². The Balaban J connectivity index is 1.54. The molecule has 1 saturated heterocycles. The Morgan fingerprint density at radius 3 is 2.74 bits per heavy atom. The van der Waals surface area contributed by atoms with Gasteiger partial charge in [0.25, 0.3) is 11.2 Å². The monoisotopic (exact) mass is 425 g/mol. The number of aromatic nitrogens is 4. The van der Waals surface area contributed by atoms with Crippen molar-refractivity contribution >= 4 is 22.6 Å². The van der Waals surface area contributed by atoms with Gasteiger partial charge in [-0.05, 0) is 25.5 Å². The number of carbonyl (C=O) groups is 1. The molecule has 11 heteroatoms. The molecule has 0 saturated carbocycles. The third-order valence-corrected chi connectivity index (χ3v) is 5.57. The fourth-order valence-electron chi connectivity index (χ4n) is 3.86. The van der Waals surface area contributed by atoms with Gasteiger partial charge in [-0.15, -0.1) is 0 Å². The summed E-state index contributed by atoms with van der Waals surface area (Å²) in [5, 5.41) is 18.6. The molecular formula is C20H23N7O4. The second-order valence-corrected chi connectivity index (χ2v) is 7.49. The van der Waals surface area contributed by atoms with Gasteiger partial charge in [0.05, 0.1) is 11.1 Å². The SMILES string of the molecule is CCN1CCC(NC(=O)Cn2cnc3c(cnn3-c3ccccc3[N+](=O)[O-])c2=O)CC1. The highest BCUT2D eigenvalue weighted by molar-refractivity contribution is 5.78. The fourth-order valence-corrected chi connectivity index (χ4v) is 3.86. The molecule has 2 aromatic heterocycles. The van der Waals surface area contributed by atoms with Gasteiger partial charge in [-0.2, -0.15) is 5.10 Å². The molecule has 0 radical (unpaired) electrons. The van der Waals surface area contributed by atoms with Crippen molar-refractivity contribution in [2.45, 2.75) is 32.4 Å². The summed E-state index contributed by atoms with van der Waals surface area (Å²) in [7, 11) is 0. The number of piperidine rings is 1. The van der Waals surface area contributed by atoms with Crippen LogP contribution >= 0.6 is 0 Å². The molecule has 0 bridgehead atoms. The van der Waals surface area contributed by atoms with Crippen LogP contribution < -0.4 is 10.9 Å². The van der Waals surface area contributed by atoms with Crippen molar-refractivity contribution in [3.05, 3.63) is 57.3 Å². The highest BCUT2D eigenvalue weighted by atomic mass is 16.6. The van der Waals surface area contributed by atoms with Gasteiger partial charge in [0, 0.05) is 25.2 Å². The minimum Gasteiger partial charge on any atom is -0.352 e. The van der Waals surface area contributed by atoms with E-state index in [1.807, 2.05) is 0 Å². The van der Waals surface area contributed by atoms with E-state index in [1.54, 1.807) is 12.1 Å². The molecule has 1 N–H and O–H groups in total. The molecule has 1 aromatic carbocycles. The van der Waals surface area contributed by atoms with E-state index in [1.165, 1.54) is 33.9 Å². The van der Waals surface area contributed by atoms with Crippen molar-refractivity contribution in [3.8, 4) is 5.69 Å². The average Bonchev–Trinajstić information content (AvgIpc) is 3.21. The maximum absolute atomic E-state index is 12.9. The lowest BCUT2D eigenvalue weighted by Gasteiger charge is -2.31. The van der Waals surface area contributed by atoms with Crippen LogP contribution in [-0.4, -0.2) is 60.7 Å². The highest BCUT2D eigenvalue weighted by Crippen LogP contribution is 2.23. The molecular weight excluding hydrogens is 402 g/mol. The molecule has 0 unspecified atom stereocenters. The number of rotatable bonds is 6. The van der Waals surface area contributed by atoms with Gasteiger partial charge in [0.15, 0.2) is 5.65 Å². The largest absolute Gasteiger partial charge is 0.352 e. The van der Waals surface area contributed by atoms with Crippen LogP contribution in [0.4, 0.5) is 5.69 Å². The molecule has 4 rings (SSSR count). The molecule has 0 atom stereocenters.